The number of imidazole rings is 1. The molecule has 0 amide bonds. The molecule has 10 heteroatoms. The molecular weight excluding hydrogens is 376 g/mol. The molecule has 1 atom stereocenters. The van der Waals surface area contributed by atoms with Gasteiger partial charge in [-0.1, -0.05) is 29.8 Å². The highest BCUT2D eigenvalue weighted by atomic mass is 35.5. The van der Waals surface area contributed by atoms with Gasteiger partial charge in [0.15, 0.2) is 0 Å². The number of rotatable bonds is 6. The summed E-state index contributed by atoms with van der Waals surface area (Å²) >= 11 is 6.24. The van der Waals surface area contributed by atoms with Gasteiger partial charge in [0.2, 0.25) is 0 Å². The van der Waals surface area contributed by atoms with Crippen molar-refractivity contribution in [3.63, 3.8) is 0 Å². The van der Waals surface area contributed by atoms with Crippen LogP contribution < -0.4 is 0 Å². The van der Waals surface area contributed by atoms with Crippen LogP contribution in [0.1, 0.15) is 11.1 Å². The van der Waals surface area contributed by atoms with E-state index in [9.17, 15) is 25.3 Å². The number of halogens is 1. The van der Waals surface area contributed by atoms with E-state index in [1.54, 1.807) is 18.3 Å². The fraction of sp³-hybridized carbons (Fsp3) is 0.118. The number of nitrogens with zero attached hydrogens (tertiary/aromatic N) is 4. The Balaban J connectivity index is 2.31. The highest BCUT2D eigenvalue weighted by molar-refractivity contribution is 6.31. The number of aliphatic hydroxyl groups is 1. The van der Waals surface area contributed by atoms with E-state index in [0.717, 1.165) is 18.2 Å². The van der Waals surface area contributed by atoms with Gasteiger partial charge in [0.05, 0.1) is 28.3 Å². The van der Waals surface area contributed by atoms with Crippen LogP contribution in [0.2, 0.25) is 5.02 Å². The molecule has 0 aliphatic heterocycles. The van der Waals surface area contributed by atoms with E-state index < -0.39 is 21.1 Å². The Morgan fingerprint density at radius 1 is 1.11 bits per heavy atom. The lowest BCUT2D eigenvalue weighted by molar-refractivity contribution is -0.390. The first kappa shape index (κ1) is 18.5. The third-order valence-corrected chi connectivity index (χ3v) is 4.45. The minimum Gasteiger partial charge on any atom is -0.378 e. The average Bonchev–Trinajstić information content (AvgIpc) is 3.14. The largest absolute Gasteiger partial charge is 0.378 e. The van der Waals surface area contributed by atoms with Crippen molar-refractivity contribution >= 4 is 23.0 Å². The van der Waals surface area contributed by atoms with Gasteiger partial charge in [-0.3, -0.25) is 20.2 Å². The Labute approximate surface area is 157 Å². The molecule has 138 valence electrons. The summed E-state index contributed by atoms with van der Waals surface area (Å²) in [5.41, 5.74) is -2.89. The first-order valence-corrected chi connectivity index (χ1v) is 8.07. The van der Waals surface area contributed by atoms with Crippen molar-refractivity contribution in [3.8, 4) is 0 Å². The molecule has 2 aromatic carbocycles. The van der Waals surface area contributed by atoms with Gasteiger partial charge >= 0.3 is 0 Å². The van der Waals surface area contributed by atoms with Crippen LogP contribution in [0.25, 0.3) is 0 Å². The Morgan fingerprint density at radius 2 is 1.85 bits per heavy atom. The molecule has 27 heavy (non-hydrogen) atoms. The molecule has 1 heterocycles. The maximum atomic E-state index is 11.6. The predicted octanol–water partition coefficient (Wildman–Crippen LogP) is 3.29. The van der Waals surface area contributed by atoms with Crippen molar-refractivity contribution in [2.75, 3.05) is 0 Å². The topological polar surface area (TPSA) is 124 Å². The Kier molecular flexibility index (Phi) is 4.89. The van der Waals surface area contributed by atoms with Crippen molar-refractivity contribution in [2.24, 2.45) is 0 Å². The van der Waals surface area contributed by atoms with Gasteiger partial charge in [0, 0.05) is 41.2 Å². The number of benzene rings is 2. The minimum absolute atomic E-state index is 0.168. The van der Waals surface area contributed by atoms with Gasteiger partial charge in [-0.25, -0.2) is 4.98 Å². The van der Waals surface area contributed by atoms with Crippen LogP contribution in [0.3, 0.4) is 0 Å². The number of aromatic nitrogens is 2. The standard InChI is InChI=1S/C17H13ClN4O5/c18-15-4-2-1-3-13(15)17(23,10-20-8-7-19-11-20)14-9-12(21(24)25)5-6-16(14)22(26)27/h1-9,11,23H,10H2. The Hall–Kier alpha value is -3.30. The van der Waals surface area contributed by atoms with Crippen LogP contribution in [0.4, 0.5) is 11.4 Å². The fourth-order valence-corrected chi connectivity index (χ4v) is 3.18. The average molecular weight is 389 g/mol. The molecule has 0 spiro atoms. The number of nitro groups is 2. The highest BCUT2D eigenvalue weighted by Gasteiger charge is 2.40. The van der Waals surface area contributed by atoms with Crippen LogP contribution in [0, 0.1) is 20.2 Å². The van der Waals surface area contributed by atoms with E-state index in [1.165, 1.54) is 29.2 Å². The second kappa shape index (κ2) is 7.14. The quantitative estimate of drug-likeness (QED) is 0.510. The van der Waals surface area contributed by atoms with Crippen LogP contribution in [0.15, 0.2) is 61.2 Å². The van der Waals surface area contributed by atoms with Gasteiger partial charge < -0.3 is 9.67 Å². The van der Waals surface area contributed by atoms with Crippen molar-refractivity contribution in [3.05, 3.63) is 97.6 Å². The lowest BCUT2D eigenvalue weighted by Gasteiger charge is -2.30. The first-order valence-electron chi connectivity index (χ1n) is 7.69. The summed E-state index contributed by atoms with van der Waals surface area (Å²) in [6.45, 7) is -0.182. The smallest absolute Gasteiger partial charge is 0.276 e. The maximum absolute atomic E-state index is 11.6. The van der Waals surface area contributed by atoms with Crippen molar-refractivity contribution in [1.82, 2.24) is 9.55 Å². The molecule has 0 saturated carbocycles. The summed E-state index contributed by atoms with van der Waals surface area (Å²) in [4.78, 5) is 25.2. The molecule has 1 N–H and O–H groups in total. The van der Waals surface area contributed by atoms with Crippen LogP contribution in [0.5, 0.6) is 0 Å². The summed E-state index contributed by atoms with van der Waals surface area (Å²) in [5, 5.41) is 34.5. The second-order valence-corrected chi connectivity index (χ2v) is 6.20. The van der Waals surface area contributed by atoms with E-state index in [2.05, 4.69) is 4.98 Å². The zero-order valence-electron chi connectivity index (χ0n) is 13.7. The van der Waals surface area contributed by atoms with E-state index in [4.69, 9.17) is 11.6 Å². The molecule has 0 radical (unpaired) electrons. The van der Waals surface area contributed by atoms with Crippen LogP contribution in [-0.4, -0.2) is 24.5 Å². The Morgan fingerprint density at radius 3 is 2.44 bits per heavy atom. The molecule has 0 aliphatic rings. The summed E-state index contributed by atoms with van der Waals surface area (Å²) < 4.78 is 1.51. The fourth-order valence-electron chi connectivity index (χ4n) is 2.88. The monoisotopic (exact) mass is 388 g/mol. The van der Waals surface area contributed by atoms with Crippen molar-refractivity contribution < 1.29 is 15.0 Å². The first-order chi connectivity index (χ1) is 12.8. The summed E-state index contributed by atoms with van der Waals surface area (Å²) in [6.07, 6.45) is 4.46. The van der Waals surface area contributed by atoms with Gasteiger partial charge in [-0.2, -0.15) is 0 Å². The van der Waals surface area contributed by atoms with Crippen molar-refractivity contribution in [2.45, 2.75) is 12.1 Å². The number of hydrogen-bond donors (Lipinski definition) is 1. The predicted molar refractivity (Wildman–Crippen MR) is 96.4 cm³/mol. The maximum Gasteiger partial charge on any atom is 0.276 e. The van der Waals surface area contributed by atoms with Gasteiger partial charge in [-0.05, 0) is 6.07 Å². The molecule has 1 aromatic heterocycles. The molecule has 3 aromatic rings. The summed E-state index contributed by atoms with van der Waals surface area (Å²) in [7, 11) is 0. The van der Waals surface area contributed by atoms with Crippen LogP contribution >= 0.6 is 11.6 Å². The number of non-ortho nitro benzene ring substituents is 1. The third-order valence-electron chi connectivity index (χ3n) is 4.12. The number of nitro benzene ring substituents is 2. The van der Waals surface area contributed by atoms with E-state index in [-0.39, 0.29) is 28.4 Å². The lowest BCUT2D eigenvalue weighted by Crippen LogP contribution is -2.33. The zero-order valence-corrected chi connectivity index (χ0v) is 14.5. The lowest BCUT2D eigenvalue weighted by atomic mass is 9.84. The van der Waals surface area contributed by atoms with Gasteiger partial charge in [-0.15, -0.1) is 0 Å². The van der Waals surface area contributed by atoms with E-state index >= 15 is 0 Å². The zero-order chi connectivity index (χ0) is 19.6. The molecule has 0 bridgehead atoms. The molecule has 9 nitrogen and oxygen atoms in total. The molecule has 1 unspecified atom stereocenters. The van der Waals surface area contributed by atoms with E-state index in [0.29, 0.717) is 0 Å². The molecule has 0 aliphatic carbocycles. The summed E-state index contributed by atoms with van der Waals surface area (Å²) in [5.74, 6) is 0. The molecular formula is C17H13ClN4O5. The third kappa shape index (κ3) is 3.50. The molecule has 0 fully saturated rings. The second-order valence-electron chi connectivity index (χ2n) is 5.79. The van der Waals surface area contributed by atoms with E-state index in [1.807, 2.05) is 0 Å². The van der Waals surface area contributed by atoms with Gasteiger partial charge in [0.25, 0.3) is 11.4 Å². The number of hydrogen-bond acceptors (Lipinski definition) is 6. The van der Waals surface area contributed by atoms with Crippen LogP contribution in [-0.2, 0) is 12.1 Å². The van der Waals surface area contributed by atoms with Gasteiger partial charge in [0.1, 0.15) is 5.60 Å². The molecule has 3 rings (SSSR count). The minimum atomic E-state index is -2.01. The molecule has 0 saturated heterocycles. The Bertz CT molecular complexity index is 1010. The SMILES string of the molecule is O=[N+]([O-])c1ccc([N+](=O)[O-])c(C(O)(Cn2ccnc2)c2ccccc2Cl)c1. The van der Waals surface area contributed by atoms with Crippen molar-refractivity contribution in [1.29, 1.82) is 0 Å². The summed E-state index contributed by atoms with van der Waals surface area (Å²) in [6, 6.07) is 9.32. The highest BCUT2D eigenvalue weighted by Crippen LogP contribution is 2.41. The normalized spacial score (nSPS) is 13.1.